The van der Waals surface area contributed by atoms with Crippen LogP contribution in [-0.2, 0) is 19.6 Å². The van der Waals surface area contributed by atoms with Crippen molar-refractivity contribution < 1.29 is 22.7 Å². The highest BCUT2D eigenvalue weighted by Crippen LogP contribution is 2.21. The molecule has 0 aliphatic carbocycles. The number of halogens is 1. The lowest BCUT2D eigenvalue weighted by atomic mass is 10.1. The lowest BCUT2D eigenvalue weighted by molar-refractivity contribution is -0.125. The Morgan fingerprint density at radius 1 is 1.26 bits per heavy atom. The lowest BCUT2D eigenvalue weighted by Crippen LogP contribution is -2.42. The van der Waals surface area contributed by atoms with Crippen molar-refractivity contribution in [2.45, 2.75) is 31.2 Å². The number of esters is 1. The van der Waals surface area contributed by atoms with Crippen molar-refractivity contribution in [2.75, 3.05) is 13.7 Å². The van der Waals surface area contributed by atoms with Crippen LogP contribution in [0.2, 0.25) is 5.02 Å². The Morgan fingerprint density at radius 3 is 2.39 bits per heavy atom. The fourth-order valence-corrected chi connectivity index (χ4v) is 2.56. The Labute approximate surface area is 140 Å². The van der Waals surface area contributed by atoms with E-state index < -0.39 is 34.0 Å². The second-order valence-electron chi connectivity index (χ2n) is 5.72. The molecule has 1 amide bonds. The second-order valence-corrected chi connectivity index (χ2v) is 8.02. The van der Waals surface area contributed by atoms with Crippen LogP contribution < -0.4 is 10.0 Å². The van der Waals surface area contributed by atoms with Crippen LogP contribution in [0.15, 0.2) is 23.1 Å². The molecular formula is C14H19ClN2O5S. The van der Waals surface area contributed by atoms with E-state index in [0.717, 1.165) is 6.07 Å². The summed E-state index contributed by atoms with van der Waals surface area (Å²) in [5.41, 5.74) is -0.589. The van der Waals surface area contributed by atoms with Gasteiger partial charge in [-0.15, -0.1) is 0 Å². The summed E-state index contributed by atoms with van der Waals surface area (Å²) in [7, 11) is -2.47. The minimum Gasteiger partial charge on any atom is -0.452 e. The highest BCUT2D eigenvalue weighted by atomic mass is 35.5. The second kappa shape index (κ2) is 7.29. The van der Waals surface area contributed by atoms with Crippen LogP contribution in [0.25, 0.3) is 0 Å². The van der Waals surface area contributed by atoms with Crippen LogP contribution in [0, 0.1) is 0 Å². The maximum atomic E-state index is 12.0. The average molecular weight is 363 g/mol. The van der Waals surface area contributed by atoms with E-state index in [1.165, 1.54) is 19.2 Å². The summed E-state index contributed by atoms with van der Waals surface area (Å²) in [6, 6.07) is 3.63. The van der Waals surface area contributed by atoms with Crippen molar-refractivity contribution >= 4 is 33.5 Å². The number of amides is 1. The molecule has 0 saturated heterocycles. The van der Waals surface area contributed by atoms with E-state index in [1.54, 1.807) is 20.8 Å². The molecule has 9 heteroatoms. The largest absolute Gasteiger partial charge is 0.452 e. The molecule has 0 bridgehead atoms. The van der Waals surface area contributed by atoms with Gasteiger partial charge in [-0.25, -0.2) is 17.9 Å². The summed E-state index contributed by atoms with van der Waals surface area (Å²) >= 11 is 5.89. The number of carbonyl (C=O) groups excluding carboxylic acids is 2. The van der Waals surface area contributed by atoms with Gasteiger partial charge in [0, 0.05) is 5.54 Å². The predicted octanol–water partition coefficient (Wildman–Crippen LogP) is 1.32. The minimum absolute atomic E-state index is 0.0290. The van der Waals surface area contributed by atoms with Crippen molar-refractivity contribution in [3.05, 3.63) is 28.8 Å². The fourth-order valence-electron chi connectivity index (χ4n) is 1.61. The van der Waals surface area contributed by atoms with Crippen molar-refractivity contribution in [1.29, 1.82) is 0 Å². The molecule has 0 spiro atoms. The fraction of sp³-hybridized carbons (Fsp3) is 0.429. The summed E-state index contributed by atoms with van der Waals surface area (Å²) in [5.74, 6) is -1.35. The van der Waals surface area contributed by atoms with E-state index in [2.05, 4.69) is 10.0 Å². The highest BCUT2D eigenvalue weighted by molar-refractivity contribution is 7.89. The van der Waals surface area contributed by atoms with E-state index >= 15 is 0 Å². The van der Waals surface area contributed by atoms with Crippen molar-refractivity contribution in [2.24, 2.45) is 0 Å². The summed E-state index contributed by atoms with van der Waals surface area (Å²) < 4.78 is 30.5. The van der Waals surface area contributed by atoms with Gasteiger partial charge in [0.1, 0.15) is 0 Å². The smallest absolute Gasteiger partial charge is 0.340 e. The minimum atomic E-state index is -3.72. The number of nitrogens with one attached hydrogen (secondary N) is 2. The molecule has 1 rings (SSSR count). The molecule has 0 atom stereocenters. The quantitative estimate of drug-likeness (QED) is 0.769. The maximum Gasteiger partial charge on any atom is 0.340 e. The number of ether oxygens (including phenoxy) is 1. The Hall–Kier alpha value is -1.64. The number of benzene rings is 1. The third kappa shape index (κ3) is 5.81. The number of rotatable bonds is 5. The van der Waals surface area contributed by atoms with E-state index in [-0.39, 0.29) is 15.5 Å². The molecule has 2 N–H and O–H groups in total. The molecule has 0 unspecified atom stereocenters. The monoisotopic (exact) mass is 362 g/mol. The first kappa shape index (κ1) is 19.4. The van der Waals surface area contributed by atoms with Gasteiger partial charge in [-0.2, -0.15) is 0 Å². The summed E-state index contributed by atoms with van der Waals surface area (Å²) in [6.45, 7) is 4.87. The summed E-state index contributed by atoms with van der Waals surface area (Å²) in [4.78, 5) is 23.5. The Morgan fingerprint density at radius 2 is 1.87 bits per heavy atom. The molecule has 7 nitrogen and oxygen atoms in total. The number of hydrogen-bond donors (Lipinski definition) is 2. The number of sulfonamides is 1. The van der Waals surface area contributed by atoms with Gasteiger partial charge in [-0.1, -0.05) is 11.6 Å². The summed E-state index contributed by atoms with van der Waals surface area (Å²) in [6.07, 6.45) is 0. The van der Waals surface area contributed by atoms with Gasteiger partial charge in [0.05, 0.1) is 15.5 Å². The van der Waals surface area contributed by atoms with Crippen LogP contribution in [0.4, 0.5) is 0 Å². The zero-order chi connectivity index (χ0) is 17.8. The first-order chi connectivity index (χ1) is 10.5. The van der Waals surface area contributed by atoms with Gasteiger partial charge in [-0.05, 0) is 46.0 Å². The van der Waals surface area contributed by atoms with Gasteiger partial charge < -0.3 is 10.1 Å². The summed E-state index contributed by atoms with van der Waals surface area (Å²) in [5, 5.41) is 2.66. The molecule has 0 heterocycles. The molecular weight excluding hydrogens is 344 g/mol. The van der Waals surface area contributed by atoms with Gasteiger partial charge in [-0.3, -0.25) is 4.79 Å². The molecule has 1 aromatic rings. The molecule has 0 radical (unpaired) electrons. The van der Waals surface area contributed by atoms with Crippen LogP contribution in [0.1, 0.15) is 31.1 Å². The predicted molar refractivity (Wildman–Crippen MR) is 85.9 cm³/mol. The van der Waals surface area contributed by atoms with Crippen molar-refractivity contribution in [1.82, 2.24) is 10.0 Å². The molecule has 128 valence electrons. The SMILES string of the molecule is CNS(=O)(=O)c1ccc(Cl)c(C(=O)OCC(=O)NC(C)(C)C)c1. The van der Waals surface area contributed by atoms with Crippen LogP contribution in [0.3, 0.4) is 0 Å². The normalized spacial score (nSPS) is 11.9. The van der Waals surface area contributed by atoms with Gasteiger partial charge >= 0.3 is 5.97 Å². The van der Waals surface area contributed by atoms with Crippen molar-refractivity contribution in [3.8, 4) is 0 Å². The zero-order valence-corrected chi connectivity index (χ0v) is 14.8. The molecule has 0 aliphatic heterocycles. The van der Waals surface area contributed by atoms with E-state index in [0.29, 0.717) is 0 Å². The highest BCUT2D eigenvalue weighted by Gasteiger charge is 2.20. The molecule has 0 aromatic heterocycles. The Bertz CT molecular complexity index is 710. The first-order valence-corrected chi connectivity index (χ1v) is 8.53. The molecule has 0 fully saturated rings. The molecule has 0 aliphatic rings. The van der Waals surface area contributed by atoms with Gasteiger partial charge in [0.15, 0.2) is 6.61 Å². The molecule has 1 aromatic carbocycles. The van der Waals surface area contributed by atoms with E-state index in [9.17, 15) is 18.0 Å². The number of hydrogen-bond acceptors (Lipinski definition) is 5. The topological polar surface area (TPSA) is 102 Å². The zero-order valence-electron chi connectivity index (χ0n) is 13.3. The van der Waals surface area contributed by atoms with Crippen LogP contribution in [0.5, 0.6) is 0 Å². The van der Waals surface area contributed by atoms with Gasteiger partial charge in [0.2, 0.25) is 10.0 Å². The average Bonchev–Trinajstić information content (AvgIpc) is 2.43. The lowest BCUT2D eigenvalue weighted by Gasteiger charge is -2.20. The standard InChI is InChI=1S/C14H19ClN2O5S/c1-14(2,3)17-12(18)8-22-13(19)10-7-9(5-6-11(10)15)23(20,21)16-4/h5-7,16H,8H2,1-4H3,(H,17,18). The Kier molecular flexibility index (Phi) is 6.15. The van der Waals surface area contributed by atoms with Crippen LogP contribution in [-0.4, -0.2) is 39.5 Å². The van der Waals surface area contributed by atoms with Crippen molar-refractivity contribution in [3.63, 3.8) is 0 Å². The third-order valence-corrected chi connectivity index (χ3v) is 4.33. The molecule has 0 saturated carbocycles. The maximum absolute atomic E-state index is 12.0. The Balaban J connectivity index is 2.88. The third-order valence-electron chi connectivity index (χ3n) is 2.59. The number of carbonyl (C=O) groups is 2. The van der Waals surface area contributed by atoms with E-state index in [4.69, 9.17) is 16.3 Å². The molecule has 23 heavy (non-hydrogen) atoms. The van der Waals surface area contributed by atoms with Gasteiger partial charge in [0.25, 0.3) is 5.91 Å². The van der Waals surface area contributed by atoms with Crippen LogP contribution >= 0.6 is 11.6 Å². The first-order valence-electron chi connectivity index (χ1n) is 6.67. The van der Waals surface area contributed by atoms with E-state index in [1.807, 2.05) is 0 Å².